The lowest BCUT2D eigenvalue weighted by atomic mass is 10.1. The van der Waals surface area contributed by atoms with Gasteiger partial charge in [0.25, 0.3) is 0 Å². The van der Waals surface area contributed by atoms with Crippen LogP contribution in [-0.2, 0) is 9.47 Å². The molecule has 1 amide bonds. The van der Waals surface area contributed by atoms with Gasteiger partial charge in [-0.3, -0.25) is 0 Å². The van der Waals surface area contributed by atoms with Crippen LogP contribution in [0.3, 0.4) is 0 Å². The number of azo groups is 1. The van der Waals surface area contributed by atoms with Crippen LogP contribution in [0.2, 0.25) is 0 Å². The van der Waals surface area contributed by atoms with Crippen molar-refractivity contribution in [1.82, 2.24) is 0 Å². The Morgan fingerprint density at radius 3 is 2.55 bits per heavy atom. The molecule has 1 saturated heterocycles. The molecule has 0 spiro atoms. The second-order valence-electron chi connectivity index (χ2n) is 3.13. The number of epoxide rings is 1. The number of cyclic esters (lactones) is 1. The van der Waals surface area contributed by atoms with Crippen LogP contribution in [0.15, 0.2) is 10.2 Å². The molecule has 2 rings (SSSR count). The number of hydrogen-bond acceptors (Lipinski definition) is 4. The lowest BCUT2D eigenvalue weighted by Crippen LogP contribution is -2.19. The normalized spacial score (nSPS) is 38.9. The molecule has 0 aromatic rings. The molecule has 2 heterocycles. The number of carbonyl (C=O) groups is 1. The van der Waals surface area contributed by atoms with Gasteiger partial charge in [-0.15, -0.1) is 5.11 Å². The molecule has 60 valence electrons. The SMILES string of the molecule is CC1(C)OC1C1N=NC(=O)O1. The standard InChI is InChI=1S/C6H8N2O3/c1-6(2)3(11-6)4-7-8-5(9)10-4/h3-4H,1-2H3. The molecule has 5 heteroatoms. The van der Waals surface area contributed by atoms with Gasteiger partial charge >= 0.3 is 6.09 Å². The van der Waals surface area contributed by atoms with Crippen LogP contribution in [0, 0.1) is 0 Å². The lowest BCUT2D eigenvalue weighted by molar-refractivity contribution is 0.112. The van der Waals surface area contributed by atoms with Gasteiger partial charge < -0.3 is 9.47 Å². The number of carbonyl (C=O) groups excluding carboxylic acids is 1. The first-order chi connectivity index (χ1) is 5.09. The Balaban J connectivity index is 2.00. The molecule has 0 saturated carbocycles. The summed E-state index contributed by atoms with van der Waals surface area (Å²) in [5.41, 5.74) is -0.214. The van der Waals surface area contributed by atoms with Gasteiger partial charge in [-0.25, -0.2) is 4.79 Å². The quantitative estimate of drug-likeness (QED) is 0.534. The molecule has 0 N–H and O–H groups in total. The first-order valence-corrected chi connectivity index (χ1v) is 3.39. The lowest BCUT2D eigenvalue weighted by Gasteiger charge is -2.00. The summed E-state index contributed by atoms with van der Waals surface area (Å²) in [6.07, 6.45) is -1.25. The minimum absolute atomic E-state index is 0.113. The summed E-state index contributed by atoms with van der Waals surface area (Å²) in [7, 11) is 0. The Morgan fingerprint density at radius 1 is 1.55 bits per heavy atom. The van der Waals surface area contributed by atoms with Crippen LogP contribution in [0.4, 0.5) is 4.79 Å². The molecule has 2 aliphatic rings. The van der Waals surface area contributed by atoms with Gasteiger partial charge in [-0.05, 0) is 13.8 Å². The fourth-order valence-electron chi connectivity index (χ4n) is 1.07. The summed E-state index contributed by atoms with van der Waals surface area (Å²) < 4.78 is 9.93. The van der Waals surface area contributed by atoms with E-state index in [1.807, 2.05) is 13.8 Å². The second kappa shape index (κ2) is 1.79. The van der Waals surface area contributed by atoms with E-state index in [2.05, 4.69) is 10.2 Å². The van der Waals surface area contributed by atoms with Crippen LogP contribution in [-0.4, -0.2) is 24.0 Å². The third kappa shape index (κ3) is 1.01. The van der Waals surface area contributed by atoms with Crippen LogP contribution in [0.25, 0.3) is 0 Å². The zero-order valence-electron chi connectivity index (χ0n) is 6.27. The summed E-state index contributed by atoms with van der Waals surface area (Å²) in [6.45, 7) is 3.83. The van der Waals surface area contributed by atoms with Crippen molar-refractivity contribution >= 4 is 6.09 Å². The van der Waals surface area contributed by atoms with E-state index in [1.165, 1.54) is 0 Å². The smallest absolute Gasteiger partial charge is 0.416 e. The van der Waals surface area contributed by atoms with E-state index in [1.54, 1.807) is 0 Å². The average molecular weight is 156 g/mol. The fourth-order valence-corrected chi connectivity index (χ4v) is 1.07. The maximum Gasteiger partial charge on any atom is 0.454 e. The Bertz CT molecular complexity index is 236. The minimum Gasteiger partial charge on any atom is -0.416 e. The highest BCUT2D eigenvalue weighted by Crippen LogP contribution is 2.40. The third-order valence-electron chi connectivity index (χ3n) is 1.79. The van der Waals surface area contributed by atoms with Gasteiger partial charge in [0.2, 0.25) is 6.23 Å². The van der Waals surface area contributed by atoms with Crippen molar-refractivity contribution in [1.29, 1.82) is 0 Å². The first kappa shape index (κ1) is 6.72. The van der Waals surface area contributed by atoms with Crippen molar-refractivity contribution in [2.75, 3.05) is 0 Å². The molecular formula is C6H8N2O3. The molecule has 0 aromatic heterocycles. The zero-order chi connectivity index (χ0) is 8.06. The number of ether oxygens (including phenoxy) is 2. The van der Waals surface area contributed by atoms with E-state index in [4.69, 9.17) is 9.47 Å². The van der Waals surface area contributed by atoms with Crippen molar-refractivity contribution < 1.29 is 14.3 Å². The van der Waals surface area contributed by atoms with Crippen LogP contribution in [0.1, 0.15) is 13.8 Å². The van der Waals surface area contributed by atoms with Crippen molar-refractivity contribution in [2.45, 2.75) is 31.8 Å². The largest absolute Gasteiger partial charge is 0.454 e. The maximum atomic E-state index is 10.5. The van der Waals surface area contributed by atoms with Crippen molar-refractivity contribution in [3.05, 3.63) is 0 Å². The summed E-state index contributed by atoms with van der Waals surface area (Å²) >= 11 is 0. The molecule has 5 nitrogen and oxygen atoms in total. The number of amides is 1. The number of rotatable bonds is 1. The summed E-state index contributed by atoms with van der Waals surface area (Å²) in [5, 5.41) is 6.83. The topological polar surface area (TPSA) is 63.5 Å². The Hall–Kier alpha value is -0.970. The molecule has 0 aliphatic carbocycles. The van der Waals surface area contributed by atoms with Gasteiger partial charge in [-0.2, -0.15) is 0 Å². The molecule has 0 radical (unpaired) electrons. The Kier molecular flexibility index (Phi) is 1.09. The average Bonchev–Trinajstić information content (AvgIpc) is 2.39. The van der Waals surface area contributed by atoms with Gasteiger partial charge in [0, 0.05) is 0 Å². The first-order valence-electron chi connectivity index (χ1n) is 3.39. The van der Waals surface area contributed by atoms with Crippen LogP contribution < -0.4 is 0 Å². The van der Waals surface area contributed by atoms with Crippen molar-refractivity contribution in [3.8, 4) is 0 Å². The van der Waals surface area contributed by atoms with Gasteiger partial charge in [0.05, 0.1) is 5.60 Å². The molecule has 1 fully saturated rings. The minimum atomic E-state index is -0.624. The molecule has 2 aliphatic heterocycles. The predicted molar refractivity (Wildman–Crippen MR) is 34.1 cm³/mol. The zero-order valence-corrected chi connectivity index (χ0v) is 6.27. The van der Waals surface area contributed by atoms with E-state index in [0.29, 0.717) is 0 Å². The highest BCUT2D eigenvalue weighted by Gasteiger charge is 2.56. The number of hydrogen-bond donors (Lipinski definition) is 0. The molecular weight excluding hydrogens is 148 g/mol. The molecule has 0 bridgehead atoms. The Labute approximate surface area is 63.4 Å². The van der Waals surface area contributed by atoms with E-state index < -0.39 is 12.3 Å². The van der Waals surface area contributed by atoms with Gasteiger partial charge in [0.15, 0.2) is 0 Å². The second-order valence-corrected chi connectivity index (χ2v) is 3.13. The maximum absolute atomic E-state index is 10.5. The molecule has 0 aromatic carbocycles. The highest BCUT2D eigenvalue weighted by molar-refractivity contribution is 5.69. The van der Waals surface area contributed by atoms with Gasteiger partial charge in [0.1, 0.15) is 6.10 Å². The summed E-state index contributed by atoms with van der Waals surface area (Å²) in [4.78, 5) is 10.5. The van der Waals surface area contributed by atoms with E-state index in [9.17, 15) is 4.79 Å². The summed E-state index contributed by atoms with van der Waals surface area (Å²) in [6, 6.07) is 0. The molecule has 2 unspecified atom stereocenters. The predicted octanol–water partition coefficient (Wildman–Crippen LogP) is 1.09. The van der Waals surface area contributed by atoms with E-state index in [0.717, 1.165) is 0 Å². The third-order valence-corrected chi connectivity index (χ3v) is 1.79. The van der Waals surface area contributed by atoms with E-state index >= 15 is 0 Å². The number of nitrogens with zero attached hydrogens (tertiary/aromatic N) is 2. The van der Waals surface area contributed by atoms with Crippen molar-refractivity contribution in [3.63, 3.8) is 0 Å². The highest BCUT2D eigenvalue weighted by atomic mass is 16.7. The summed E-state index contributed by atoms with van der Waals surface area (Å²) in [5.74, 6) is 0. The van der Waals surface area contributed by atoms with Crippen molar-refractivity contribution in [2.24, 2.45) is 10.2 Å². The Morgan fingerprint density at radius 2 is 2.18 bits per heavy atom. The van der Waals surface area contributed by atoms with Gasteiger partial charge in [-0.1, -0.05) is 5.11 Å². The monoisotopic (exact) mass is 156 g/mol. The van der Waals surface area contributed by atoms with Crippen LogP contribution >= 0.6 is 0 Å². The van der Waals surface area contributed by atoms with E-state index in [-0.39, 0.29) is 11.7 Å². The van der Waals surface area contributed by atoms with Crippen LogP contribution in [0.5, 0.6) is 0 Å². The fraction of sp³-hybridized carbons (Fsp3) is 0.833. The molecule has 11 heavy (non-hydrogen) atoms. The molecule has 2 atom stereocenters.